The highest BCUT2D eigenvalue weighted by Crippen LogP contribution is 2.28. The van der Waals surface area contributed by atoms with Crippen molar-refractivity contribution >= 4 is 23.6 Å². The Morgan fingerprint density at radius 2 is 2.35 bits per heavy atom. The summed E-state index contributed by atoms with van der Waals surface area (Å²) in [6.45, 7) is 2.61. The summed E-state index contributed by atoms with van der Waals surface area (Å²) in [5.74, 6) is 0.339. The van der Waals surface area contributed by atoms with E-state index in [1.165, 1.54) is 22.7 Å². The third-order valence-corrected chi connectivity index (χ3v) is 4.01. The Bertz CT molecular complexity index is 666. The highest BCUT2D eigenvalue weighted by Gasteiger charge is 2.27. The van der Waals surface area contributed by atoms with Crippen LogP contribution in [0.4, 0.5) is 0 Å². The minimum absolute atomic E-state index is 0.0695. The first-order valence-corrected chi connectivity index (χ1v) is 8.07. The maximum absolute atomic E-state index is 11.9. The summed E-state index contributed by atoms with van der Waals surface area (Å²) < 4.78 is 10.4. The normalized spacial score (nSPS) is 15.6. The third-order valence-electron chi connectivity index (χ3n) is 2.99. The van der Waals surface area contributed by atoms with Crippen LogP contribution in [0, 0.1) is 11.3 Å². The highest BCUT2D eigenvalue weighted by molar-refractivity contribution is 8.04. The van der Waals surface area contributed by atoms with Gasteiger partial charge in [0.05, 0.1) is 41.6 Å². The van der Waals surface area contributed by atoms with Crippen LogP contribution >= 0.6 is 11.8 Å². The van der Waals surface area contributed by atoms with Gasteiger partial charge >= 0.3 is 5.97 Å². The smallest absolute Gasteiger partial charge is 0.333 e. The molecule has 0 radical (unpaired) electrons. The van der Waals surface area contributed by atoms with Crippen molar-refractivity contribution in [3.63, 3.8) is 0 Å². The molecule has 1 saturated heterocycles. The number of hydrogen-bond donors (Lipinski definition) is 0. The van der Waals surface area contributed by atoms with E-state index in [9.17, 15) is 9.59 Å². The van der Waals surface area contributed by atoms with Crippen LogP contribution in [0.15, 0.2) is 35.4 Å². The average molecular weight is 332 g/mol. The minimum Gasteiger partial charge on any atom is -0.492 e. The van der Waals surface area contributed by atoms with Gasteiger partial charge in [-0.1, -0.05) is 17.8 Å². The van der Waals surface area contributed by atoms with Crippen molar-refractivity contribution in [1.29, 1.82) is 5.26 Å². The minimum atomic E-state index is -0.461. The number of ether oxygens (including phenoxy) is 2. The van der Waals surface area contributed by atoms with Crippen LogP contribution in [0.2, 0.25) is 0 Å². The highest BCUT2D eigenvalue weighted by atomic mass is 32.2. The number of benzene rings is 1. The summed E-state index contributed by atoms with van der Waals surface area (Å²) >= 11 is 1.30. The van der Waals surface area contributed by atoms with E-state index in [1.807, 2.05) is 6.07 Å². The Kier molecular flexibility index (Phi) is 6.06. The van der Waals surface area contributed by atoms with Crippen LogP contribution in [0.1, 0.15) is 12.5 Å². The van der Waals surface area contributed by atoms with Gasteiger partial charge in [0.1, 0.15) is 12.4 Å². The molecule has 0 unspecified atom stereocenters. The van der Waals surface area contributed by atoms with Gasteiger partial charge < -0.3 is 14.4 Å². The van der Waals surface area contributed by atoms with Crippen LogP contribution in [-0.2, 0) is 14.3 Å². The number of amides is 1. The molecule has 0 atom stereocenters. The molecule has 1 aromatic rings. The molecular weight excluding hydrogens is 316 g/mol. The van der Waals surface area contributed by atoms with Crippen LogP contribution in [0.3, 0.4) is 0 Å². The zero-order valence-electron chi connectivity index (χ0n) is 12.7. The molecule has 6 nitrogen and oxygen atoms in total. The number of nitriles is 1. The Balaban J connectivity index is 1.93. The largest absolute Gasteiger partial charge is 0.492 e. The number of rotatable bonds is 6. The van der Waals surface area contributed by atoms with Gasteiger partial charge in [-0.25, -0.2) is 4.79 Å². The fourth-order valence-electron chi connectivity index (χ4n) is 1.96. The summed E-state index contributed by atoms with van der Waals surface area (Å²) in [5.41, 5.74) is 0.512. The first-order valence-electron chi connectivity index (χ1n) is 7.08. The van der Waals surface area contributed by atoms with Crippen molar-refractivity contribution in [2.45, 2.75) is 6.92 Å². The molecule has 0 aliphatic carbocycles. The molecule has 0 N–H and O–H groups in total. The summed E-state index contributed by atoms with van der Waals surface area (Å²) in [6, 6.07) is 8.84. The molecular formula is C16H16N2O4S. The molecule has 0 saturated carbocycles. The quantitative estimate of drug-likeness (QED) is 0.585. The standard InChI is InChI=1S/C16H16N2O4S/c1-2-21-16(20)9-15-18(14(19)11-23-15)6-7-22-13-5-3-4-12(8-13)10-17/h3-5,8-9H,2,6-7,11H2,1H3/b15-9-. The summed E-state index contributed by atoms with van der Waals surface area (Å²) in [4.78, 5) is 24.9. The van der Waals surface area contributed by atoms with E-state index < -0.39 is 5.97 Å². The molecule has 1 fully saturated rings. The molecule has 23 heavy (non-hydrogen) atoms. The second kappa shape index (κ2) is 8.25. The fourth-order valence-corrected chi connectivity index (χ4v) is 2.92. The Labute approximate surface area is 138 Å². The van der Waals surface area contributed by atoms with Crippen molar-refractivity contribution in [3.05, 3.63) is 40.9 Å². The lowest BCUT2D eigenvalue weighted by molar-refractivity contribution is -0.137. The van der Waals surface area contributed by atoms with Gasteiger partial charge in [0.2, 0.25) is 5.91 Å². The number of carbonyl (C=O) groups is 2. The molecule has 0 aromatic heterocycles. The topological polar surface area (TPSA) is 79.6 Å². The molecule has 1 aliphatic rings. The molecule has 1 heterocycles. The third kappa shape index (κ3) is 4.76. The van der Waals surface area contributed by atoms with E-state index in [1.54, 1.807) is 31.2 Å². The van der Waals surface area contributed by atoms with Gasteiger partial charge in [0.25, 0.3) is 0 Å². The molecule has 0 spiro atoms. The predicted octanol–water partition coefficient (Wildman–Crippen LogP) is 1.92. The van der Waals surface area contributed by atoms with Crippen LogP contribution in [0.25, 0.3) is 0 Å². The molecule has 1 amide bonds. The van der Waals surface area contributed by atoms with Crippen molar-refractivity contribution in [3.8, 4) is 11.8 Å². The van der Waals surface area contributed by atoms with Crippen LogP contribution in [0.5, 0.6) is 5.75 Å². The maximum atomic E-state index is 11.9. The molecule has 2 rings (SSSR count). The van der Waals surface area contributed by atoms with E-state index in [4.69, 9.17) is 14.7 Å². The summed E-state index contributed by atoms with van der Waals surface area (Å²) in [5, 5.41) is 9.42. The Morgan fingerprint density at radius 3 is 3.09 bits per heavy atom. The number of nitrogens with zero attached hydrogens (tertiary/aromatic N) is 2. The van der Waals surface area contributed by atoms with E-state index in [0.29, 0.717) is 35.2 Å². The van der Waals surface area contributed by atoms with Crippen molar-refractivity contribution < 1.29 is 19.1 Å². The average Bonchev–Trinajstić information content (AvgIpc) is 2.88. The second-order valence-corrected chi connectivity index (χ2v) is 5.55. The van der Waals surface area contributed by atoms with Gasteiger partial charge in [-0.2, -0.15) is 5.26 Å². The molecule has 1 aromatic carbocycles. The van der Waals surface area contributed by atoms with Crippen LogP contribution in [-0.4, -0.2) is 42.3 Å². The molecule has 7 heteroatoms. The van der Waals surface area contributed by atoms with Gasteiger partial charge in [-0.3, -0.25) is 4.79 Å². The predicted molar refractivity (Wildman–Crippen MR) is 85.5 cm³/mol. The van der Waals surface area contributed by atoms with E-state index >= 15 is 0 Å². The van der Waals surface area contributed by atoms with Gasteiger partial charge in [-0.15, -0.1) is 0 Å². The zero-order chi connectivity index (χ0) is 16.7. The van der Waals surface area contributed by atoms with Crippen LogP contribution < -0.4 is 4.74 Å². The van der Waals surface area contributed by atoms with Gasteiger partial charge in [0, 0.05) is 0 Å². The van der Waals surface area contributed by atoms with Crippen molar-refractivity contribution in [1.82, 2.24) is 4.90 Å². The molecule has 0 bridgehead atoms. The summed E-state index contributed by atoms with van der Waals surface area (Å²) in [7, 11) is 0. The lowest BCUT2D eigenvalue weighted by Crippen LogP contribution is -2.29. The van der Waals surface area contributed by atoms with E-state index in [2.05, 4.69) is 0 Å². The zero-order valence-corrected chi connectivity index (χ0v) is 13.5. The Morgan fingerprint density at radius 1 is 1.52 bits per heavy atom. The first kappa shape index (κ1) is 16.9. The lowest BCUT2D eigenvalue weighted by atomic mass is 10.2. The summed E-state index contributed by atoms with van der Waals surface area (Å²) in [6.07, 6.45) is 1.33. The first-order chi connectivity index (χ1) is 11.1. The second-order valence-electron chi connectivity index (χ2n) is 4.56. The molecule has 120 valence electrons. The van der Waals surface area contributed by atoms with E-state index in [-0.39, 0.29) is 12.5 Å². The number of esters is 1. The number of thioether (sulfide) groups is 1. The van der Waals surface area contributed by atoms with E-state index in [0.717, 1.165) is 0 Å². The fraction of sp³-hybridized carbons (Fsp3) is 0.312. The van der Waals surface area contributed by atoms with Crippen molar-refractivity contribution in [2.24, 2.45) is 0 Å². The van der Waals surface area contributed by atoms with Gasteiger partial charge in [-0.05, 0) is 25.1 Å². The lowest BCUT2D eigenvalue weighted by Gasteiger charge is -2.17. The molecule has 1 aliphatic heterocycles. The van der Waals surface area contributed by atoms with Crippen molar-refractivity contribution in [2.75, 3.05) is 25.5 Å². The number of hydrogen-bond acceptors (Lipinski definition) is 6. The van der Waals surface area contributed by atoms with Gasteiger partial charge in [0.15, 0.2) is 0 Å². The monoisotopic (exact) mass is 332 g/mol. The SMILES string of the molecule is CCOC(=O)/C=C1\SCC(=O)N1CCOc1cccc(C#N)c1. The number of carbonyl (C=O) groups excluding carboxylic acids is 2. The Hall–Kier alpha value is -2.46. The maximum Gasteiger partial charge on any atom is 0.333 e.